The zero-order chi connectivity index (χ0) is 13.3. The largest absolute Gasteiger partial charge is 0.493 e. The summed E-state index contributed by atoms with van der Waals surface area (Å²) in [5, 5.41) is 4.64. The molecule has 1 aromatic heterocycles. The van der Waals surface area contributed by atoms with Crippen LogP contribution in [0.3, 0.4) is 0 Å². The Morgan fingerprint density at radius 3 is 2.78 bits per heavy atom. The molecule has 1 heterocycles. The van der Waals surface area contributed by atoms with Gasteiger partial charge >= 0.3 is 0 Å². The Bertz CT molecular complexity index is 605. The van der Waals surface area contributed by atoms with Crippen molar-refractivity contribution in [3.8, 4) is 5.75 Å². The van der Waals surface area contributed by atoms with Gasteiger partial charge in [-0.25, -0.2) is 0 Å². The zero-order valence-corrected chi connectivity index (χ0v) is 11.2. The van der Waals surface area contributed by atoms with Crippen molar-refractivity contribution in [1.29, 1.82) is 0 Å². The van der Waals surface area contributed by atoms with E-state index >= 15 is 0 Å². The van der Waals surface area contributed by atoms with Crippen molar-refractivity contribution in [3.05, 3.63) is 46.2 Å². The fraction of sp³-hybridized carbons (Fsp3) is 0.231. The first-order valence-electron chi connectivity index (χ1n) is 5.41. The van der Waals surface area contributed by atoms with Crippen LogP contribution in [0.1, 0.15) is 21.6 Å². The standard InChI is InChI=1S/C13H13ClN2O2/c1-8-6-9(14)4-5-10(8)13(17)12-11(18-3)7-15-16(12)2/h4-7H,1-3H3. The molecule has 0 radical (unpaired) electrons. The summed E-state index contributed by atoms with van der Waals surface area (Å²) in [5.41, 5.74) is 1.86. The van der Waals surface area contributed by atoms with Gasteiger partial charge in [-0.15, -0.1) is 0 Å². The van der Waals surface area contributed by atoms with Gasteiger partial charge in [0.1, 0.15) is 0 Å². The Morgan fingerprint density at radius 2 is 2.17 bits per heavy atom. The number of hydrogen-bond acceptors (Lipinski definition) is 3. The topological polar surface area (TPSA) is 44.1 Å². The van der Waals surface area contributed by atoms with E-state index in [0.29, 0.717) is 22.0 Å². The molecule has 2 rings (SSSR count). The highest BCUT2D eigenvalue weighted by Gasteiger charge is 2.20. The molecule has 0 aliphatic carbocycles. The van der Waals surface area contributed by atoms with Crippen LogP contribution >= 0.6 is 11.6 Å². The molecule has 0 spiro atoms. The minimum absolute atomic E-state index is 0.124. The first kappa shape index (κ1) is 12.6. The molecule has 0 saturated heterocycles. The number of ether oxygens (including phenoxy) is 1. The molecule has 0 N–H and O–H groups in total. The van der Waals surface area contributed by atoms with E-state index in [-0.39, 0.29) is 5.78 Å². The van der Waals surface area contributed by atoms with Crippen molar-refractivity contribution >= 4 is 17.4 Å². The van der Waals surface area contributed by atoms with Crippen LogP contribution in [0.2, 0.25) is 5.02 Å². The van der Waals surface area contributed by atoms with Crippen LogP contribution in [0, 0.1) is 6.92 Å². The third kappa shape index (κ3) is 2.11. The normalized spacial score (nSPS) is 10.4. The fourth-order valence-corrected chi connectivity index (χ4v) is 2.06. The molecule has 18 heavy (non-hydrogen) atoms. The van der Waals surface area contributed by atoms with Gasteiger partial charge in [-0.1, -0.05) is 11.6 Å². The first-order valence-corrected chi connectivity index (χ1v) is 5.79. The van der Waals surface area contributed by atoms with Crippen LogP contribution in [0.25, 0.3) is 0 Å². The first-order chi connectivity index (χ1) is 8.54. The molecule has 0 aliphatic heterocycles. The molecule has 0 fully saturated rings. The van der Waals surface area contributed by atoms with E-state index < -0.39 is 0 Å². The summed E-state index contributed by atoms with van der Waals surface area (Å²) in [5.74, 6) is 0.345. The van der Waals surface area contributed by atoms with E-state index in [9.17, 15) is 4.79 Å². The summed E-state index contributed by atoms with van der Waals surface area (Å²) in [7, 11) is 3.23. The second-order valence-corrected chi connectivity index (χ2v) is 4.41. The molecular formula is C13H13ClN2O2. The van der Waals surface area contributed by atoms with Gasteiger partial charge in [0.2, 0.25) is 5.78 Å². The van der Waals surface area contributed by atoms with Crippen molar-refractivity contribution in [2.75, 3.05) is 7.11 Å². The molecule has 0 atom stereocenters. The molecule has 94 valence electrons. The third-order valence-corrected chi connectivity index (χ3v) is 3.01. The Kier molecular flexibility index (Phi) is 3.39. The van der Waals surface area contributed by atoms with Crippen LogP contribution in [-0.2, 0) is 7.05 Å². The van der Waals surface area contributed by atoms with Crippen LogP contribution < -0.4 is 4.74 Å². The number of carbonyl (C=O) groups excluding carboxylic acids is 1. The highest BCUT2D eigenvalue weighted by atomic mass is 35.5. The quantitative estimate of drug-likeness (QED) is 0.801. The average molecular weight is 265 g/mol. The number of benzene rings is 1. The number of ketones is 1. The minimum Gasteiger partial charge on any atom is -0.493 e. The van der Waals surface area contributed by atoms with E-state index in [0.717, 1.165) is 5.56 Å². The van der Waals surface area contributed by atoms with E-state index in [2.05, 4.69) is 5.10 Å². The number of aryl methyl sites for hydroxylation is 2. The number of halogens is 1. The predicted octanol–water partition coefficient (Wildman–Crippen LogP) is 2.62. The summed E-state index contributed by atoms with van der Waals surface area (Å²) in [6.45, 7) is 1.85. The highest BCUT2D eigenvalue weighted by molar-refractivity contribution is 6.30. The number of methoxy groups -OCH3 is 1. The summed E-state index contributed by atoms with van der Waals surface area (Å²) >= 11 is 5.88. The summed E-state index contributed by atoms with van der Waals surface area (Å²) < 4.78 is 6.65. The summed E-state index contributed by atoms with van der Waals surface area (Å²) in [6.07, 6.45) is 1.53. The molecule has 0 saturated carbocycles. The molecule has 0 unspecified atom stereocenters. The second-order valence-electron chi connectivity index (χ2n) is 3.97. The second kappa shape index (κ2) is 4.82. The van der Waals surface area contributed by atoms with Crippen molar-refractivity contribution < 1.29 is 9.53 Å². The number of aromatic nitrogens is 2. The molecule has 5 heteroatoms. The van der Waals surface area contributed by atoms with Crippen LogP contribution in [0.15, 0.2) is 24.4 Å². The molecule has 0 bridgehead atoms. The number of hydrogen-bond donors (Lipinski definition) is 0. The van der Waals surface area contributed by atoms with Crippen LogP contribution in [0.4, 0.5) is 0 Å². The maximum atomic E-state index is 12.5. The van der Waals surface area contributed by atoms with E-state index in [1.165, 1.54) is 18.0 Å². The molecular weight excluding hydrogens is 252 g/mol. The molecule has 0 amide bonds. The molecule has 1 aromatic carbocycles. The monoisotopic (exact) mass is 264 g/mol. The van der Waals surface area contributed by atoms with Gasteiger partial charge in [-0.05, 0) is 30.7 Å². The predicted molar refractivity (Wildman–Crippen MR) is 69.4 cm³/mol. The number of carbonyl (C=O) groups is 1. The highest BCUT2D eigenvalue weighted by Crippen LogP contribution is 2.23. The number of nitrogens with zero attached hydrogens (tertiary/aromatic N) is 2. The van der Waals surface area contributed by atoms with Crippen molar-refractivity contribution in [2.45, 2.75) is 6.92 Å². The van der Waals surface area contributed by atoms with Gasteiger partial charge in [-0.3, -0.25) is 9.48 Å². The average Bonchev–Trinajstić information content (AvgIpc) is 2.69. The Labute approximate surface area is 110 Å². The summed E-state index contributed by atoms with van der Waals surface area (Å²) in [4.78, 5) is 12.5. The summed E-state index contributed by atoms with van der Waals surface area (Å²) in [6, 6.07) is 5.18. The third-order valence-electron chi connectivity index (χ3n) is 2.77. The molecule has 2 aromatic rings. The van der Waals surface area contributed by atoms with Gasteiger partial charge in [0.25, 0.3) is 0 Å². The van der Waals surface area contributed by atoms with Gasteiger partial charge in [-0.2, -0.15) is 5.10 Å². The zero-order valence-electron chi connectivity index (χ0n) is 10.4. The maximum absolute atomic E-state index is 12.5. The lowest BCUT2D eigenvalue weighted by atomic mass is 10.0. The van der Waals surface area contributed by atoms with Gasteiger partial charge < -0.3 is 4.74 Å². The van der Waals surface area contributed by atoms with E-state index in [1.54, 1.807) is 25.2 Å². The van der Waals surface area contributed by atoms with Crippen LogP contribution in [-0.4, -0.2) is 22.7 Å². The maximum Gasteiger partial charge on any atom is 0.215 e. The Hall–Kier alpha value is -1.81. The lowest BCUT2D eigenvalue weighted by Crippen LogP contribution is -2.11. The van der Waals surface area contributed by atoms with Crippen molar-refractivity contribution in [1.82, 2.24) is 9.78 Å². The van der Waals surface area contributed by atoms with E-state index in [1.807, 2.05) is 6.92 Å². The van der Waals surface area contributed by atoms with Gasteiger partial charge in [0.15, 0.2) is 11.4 Å². The minimum atomic E-state index is -0.124. The van der Waals surface area contributed by atoms with Gasteiger partial charge in [0.05, 0.1) is 13.3 Å². The van der Waals surface area contributed by atoms with Crippen molar-refractivity contribution in [3.63, 3.8) is 0 Å². The molecule has 4 nitrogen and oxygen atoms in total. The van der Waals surface area contributed by atoms with Crippen LogP contribution in [0.5, 0.6) is 5.75 Å². The fourth-order valence-electron chi connectivity index (χ4n) is 1.84. The lowest BCUT2D eigenvalue weighted by molar-refractivity contribution is 0.102. The van der Waals surface area contributed by atoms with Gasteiger partial charge in [0, 0.05) is 17.6 Å². The SMILES string of the molecule is COc1cnn(C)c1C(=O)c1ccc(Cl)cc1C. The Morgan fingerprint density at radius 1 is 1.44 bits per heavy atom. The lowest BCUT2D eigenvalue weighted by Gasteiger charge is -2.07. The smallest absolute Gasteiger partial charge is 0.215 e. The van der Waals surface area contributed by atoms with Crippen molar-refractivity contribution in [2.24, 2.45) is 7.05 Å². The molecule has 0 aliphatic rings. The number of rotatable bonds is 3. The van der Waals surface area contributed by atoms with E-state index in [4.69, 9.17) is 16.3 Å². The Balaban J connectivity index is 2.51.